The van der Waals surface area contributed by atoms with E-state index in [0.29, 0.717) is 24.0 Å². The van der Waals surface area contributed by atoms with Crippen LogP contribution < -0.4 is 5.32 Å². The minimum atomic E-state index is 0.0270. The number of hydrogen-bond donors (Lipinski definition) is 1. The van der Waals surface area contributed by atoms with Crippen molar-refractivity contribution in [1.82, 2.24) is 15.1 Å². The van der Waals surface area contributed by atoms with Crippen molar-refractivity contribution in [1.29, 1.82) is 0 Å². The summed E-state index contributed by atoms with van der Waals surface area (Å²) in [6.45, 7) is 3.78. The Morgan fingerprint density at radius 2 is 1.92 bits per heavy atom. The van der Waals surface area contributed by atoms with Gasteiger partial charge in [-0.3, -0.25) is 4.79 Å². The second-order valence-corrected chi connectivity index (χ2v) is 7.97. The van der Waals surface area contributed by atoms with E-state index in [1.165, 1.54) is 12.8 Å². The highest BCUT2D eigenvalue weighted by Crippen LogP contribution is 2.47. The number of hydrogen-bond acceptors (Lipinski definition) is 4. The molecule has 0 radical (unpaired) electrons. The maximum absolute atomic E-state index is 12.0. The van der Waals surface area contributed by atoms with E-state index >= 15 is 0 Å². The number of carbonyl (C=O) groups is 1. The Morgan fingerprint density at radius 3 is 2.52 bits per heavy atom. The molecule has 4 aliphatic rings. The molecule has 25 heavy (non-hydrogen) atoms. The minimum Gasteiger partial charge on any atom is -0.376 e. The van der Waals surface area contributed by atoms with Crippen LogP contribution in [0.3, 0.4) is 0 Å². The van der Waals surface area contributed by atoms with Crippen molar-refractivity contribution < 1.29 is 14.3 Å². The predicted molar refractivity (Wildman–Crippen MR) is 94.4 cm³/mol. The lowest BCUT2D eigenvalue weighted by Crippen LogP contribution is -2.44. The van der Waals surface area contributed by atoms with Gasteiger partial charge in [0.25, 0.3) is 0 Å². The van der Waals surface area contributed by atoms with Gasteiger partial charge in [-0.05, 0) is 25.7 Å². The number of ether oxygens (including phenoxy) is 2. The number of carbonyl (C=O) groups excluding carboxylic acids is 1. The average Bonchev–Trinajstić information content (AvgIpc) is 3.35. The summed E-state index contributed by atoms with van der Waals surface area (Å²) in [4.78, 5) is 20.5. The van der Waals surface area contributed by atoms with Gasteiger partial charge in [0.05, 0.1) is 18.3 Å². The molecule has 1 N–H and O–H groups in total. The molecule has 0 saturated carbocycles. The minimum absolute atomic E-state index is 0.0270. The highest BCUT2D eigenvalue weighted by molar-refractivity contribution is 5.85. The smallest absolute Gasteiger partial charge is 0.243 e. The molecule has 7 heteroatoms. The first kappa shape index (κ1) is 17.1. The molecule has 4 rings (SSSR count). The van der Waals surface area contributed by atoms with Gasteiger partial charge in [0, 0.05) is 52.2 Å². The van der Waals surface area contributed by atoms with E-state index < -0.39 is 0 Å². The third-order valence-electron chi connectivity index (χ3n) is 6.13. The van der Waals surface area contributed by atoms with E-state index in [1.807, 2.05) is 0 Å². The Hall–Kier alpha value is -1.34. The van der Waals surface area contributed by atoms with Gasteiger partial charge >= 0.3 is 0 Å². The summed E-state index contributed by atoms with van der Waals surface area (Å²) in [5.74, 6) is 2.13. The van der Waals surface area contributed by atoms with Gasteiger partial charge in [0.15, 0.2) is 5.96 Å². The van der Waals surface area contributed by atoms with E-state index in [9.17, 15) is 4.79 Å². The lowest BCUT2D eigenvalue weighted by molar-refractivity contribution is -0.127. The average molecular weight is 350 g/mol. The van der Waals surface area contributed by atoms with Crippen LogP contribution in [0.15, 0.2) is 4.99 Å². The quantitative estimate of drug-likeness (QED) is 0.584. The van der Waals surface area contributed by atoms with Crippen LogP contribution in [0.1, 0.15) is 25.7 Å². The summed E-state index contributed by atoms with van der Waals surface area (Å²) in [7, 11) is 3.54. The molecule has 5 unspecified atom stereocenters. The lowest BCUT2D eigenvalue weighted by atomic mass is 9.82. The van der Waals surface area contributed by atoms with Gasteiger partial charge in [-0.15, -0.1) is 0 Å². The van der Waals surface area contributed by atoms with Crippen molar-refractivity contribution in [3.05, 3.63) is 0 Å². The number of fused-ring (bicyclic) bond motifs is 5. The molecule has 7 nitrogen and oxygen atoms in total. The fourth-order valence-electron chi connectivity index (χ4n) is 4.69. The molecule has 1 amide bonds. The second-order valence-electron chi connectivity index (χ2n) is 7.97. The maximum Gasteiger partial charge on any atom is 0.243 e. The van der Waals surface area contributed by atoms with Gasteiger partial charge in [0.2, 0.25) is 5.91 Å². The maximum atomic E-state index is 12.0. The Kier molecular flexibility index (Phi) is 4.86. The molecule has 5 atom stereocenters. The van der Waals surface area contributed by atoms with E-state index in [0.717, 1.165) is 45.0 Å². The predicted octanol–water partition coefficient (Wildman–Crippen LogP) is 0.308. The largest absolute Gasteiger partial charge is 0.376 e. The number of likely N-dealkylation sites (tertiary alicyclic amines) is 1. The summed E-state index contributed by atoms with van der Waals surface area (Å²) >= 11 is 0. The molecule has 4 saturated heterocycles. The molecular weight excluding hydrogens is 320 g/mol. The molecule has 2 bridgehead atoms. The first-order chi connectivity index (χ1) is 12.1. The normalized spacial score (nSPS) is 36.8. The Bertz CT molecular complexity index is 514. The van der Waals surface area contributed by atoms with E-state index in [2.05, 4.69) is 15.2 Å². The Labute approximate surface area is 149 Å². The van der Waals surface area contributed by atoms with Gasteiger partial charge in [0.1, 0.15) is 6.54 Å². The van der Waals surface area contributed by atoms with Gasteiger partial charge in [-0.2, -0.15) is 0 Å². The Morgan fingerprint density at radius 1 is 1.20 bits per heavy atom. The SMILES string of the molecule is CN(C)C(=O)CN=C(NCC1CCCO1)N1CC2C3CCC(O3)C2C1. The molecule has 4 fully saturated rings. The van der Waals surface area contributed by atoms with Crippen LogP contribution in [0, 0.1) is 11.8 Å². The zero-order valence-electron chi connectivity index (χ0n) is 15.3. The summed E-state index contributed by atoms with van der Waals surface area (Å²) in [5, 5.41) is 3.48. The number of guanidine groups is 1. The summed E-state index contributed by atoms with van der Waals surface area (Å²) in [5.41, 5.74) is 0. The standard InChI is InChI=1S/C18H30N4O3/c1-21(2)17(23)9-20-18(19-8-12-4-3-7-24-12)22-10-13-14(11-22)16-6-5-15(13)25-16/h12-16H,3-11H2,1-2H3,(H,19,20). The van der Waals surface area contributed by atoms with Crippen LogP contribution in [0.2, 0.25) is 0 Å². The van der Waals surface area contributed by atoms with Crippen molar-refractivity contribution in [3.63, 3.8) is 0 Å². The van der Waals surface area contributed by atoms with Crippen LogP contribution in [-0.4, -0.2) is 86.9 Å². The molecular formula is C18H30N4O3. The van der Waals surface area contributed by atoms with Crippen molar-refractivity contribution in [2.75, 3.05) is 46.9 Å². The first-order valence-electron chi connectivity index (χ1n) is 9.62. The molecule has 0 aromatic carbocycles. The third-order valence-corrected chi connectivity index (χ3v) is 6.13. The van der Waals surface area contributed by atoms with Crippen LogP contribution in [0.25, 0.3) is 0 Å². The first-order valence-corrected chi connectivity index (χ1v) is 9.62. The molecule has 140 valence electrons. The third kappa shape index (κ3) is 3.49. The fourth-order valence-corrected chi connectivity index (χ4v) is 4.69. The summed E-state index contributed by atoms with van der Waals surface area (Å²) in [6, 6.07) is 0. The van der Waals surface area contributed by atoms with Crippen molar-refractivity contribution in [2.24, 2.45) is 16.8 Å². The van der Waals surface area contributed by atoms with E-state index in [4.69, 9.17) is 9.47 Å². The molecule has 0 spiro atoms. The van der Waals surface area contributed by atoms with Gasteiger partial charge in [-0.1, -0.05) is 0 Å². The number of likely N-dealkylation sites (N-methyl/N-ethyl adjacent to an activating group) is 1. The molecule has 0 aromatic heterocycles. The summed E-state index contributed by atoms with van der Waals surface area (Å²) < 4.78 is 11.8. The number of nitrogens with zero attached hydrogens (tertiary/aromatic N) is 3. The van der Waals surface area contributed by atoms with Crippen molar-refractivity contribution in [3.8, 4) is 0 Å². The second kappa shape index (κ2) is 7.11. The monoisotopic (exact) mass is 350 g/mol. The highest BCUT2D eigenvalue weighted by atomic mass is 16.5. The number of amides is 1. The van der Waals surface area contributed by atoms with E-state index in [1.54, 1.807) is 19.0 Å². The number of nitrogens with one attached hydrogen (secondary N) is 1. The molecule has 0 aliphatic carbocycles. The zero-order chi connectivity index (χ0) is 17.4. The Balaban J connectivity index is 1.41. The van der Waals surface area contributed by atoms with Crippen LogP contribution in [-0.2, 0) is 14.3 Å². The van der Waals surface area contributed by atoms with Gasteiger partial charge in [-0.25, -0.2) is 4.99 Å². The van der Waals surface area contributed by atoms with Crippen molar-refractivity contribution >= 4 is 11.9 Å². The topological polar surface area (TPSA) is 66.4 Å². The van der Waals surface area contributed by atoms with Crippen LogP contribution in [0.4, 0.5) is 0 Å². The molecule has 4 heterocycles. The number of aliphatic imine (C=N–C) groups is 1. The summed E-state index contributed by atoms with van der Waals surface area (Å²) in [6.07, 6.45) is 5.76. The highest BCUT2D eigenvalue weighted by Gasteiger charge is 2.53. The molecule has 4 aliphatic heterocycles. The van der Waals surface area contributed by atoms with Crippen LogP contribution >= 0.6 is 0 Å². The van der Waals surface area contributed by atoms with Gasteiger partial charge < -0.3 is 24.6 Å². The number of rotatable bonds is 4. The zero-order valence-corrected chi connectivity index (χ0v) is 15.3. The lowest BCUT2D eigenvalue weighted by Gasteiger charge is -2.25. The fraction of sp³-hybridized carbons (Fsp3) is 0.889. The van der Waals surface area contributed by atoms with Crippen molar-refractivity contribution in [2.45, 2.75) is 44.0 Å². The van der Waals surface area contributed by atoms with Crippen LogP contribution in [0.5, 0.6) is 0 Å². The van der Waals surface area contributed by atoms with E-state index in [-0.39, 0.29) is 18.6 Å². The molecule has 0 aromatic rings.